The first-order valence-electron chi connectivity index (χ1n) is 9.13. The third-order valence-corrected chi connectivity index (χ3v) is 5.11. The highest BCUT2D eigenvalue weighted by atomic mass is 32.2. The van der Waals surface area contributed by atoms with Gasteiger partial charge in [0.15, 0.2) is 11.3 Å². The molecule has 0 aromatic heterocycles. The number of carboxylic acids is 2. The summed E-state index contributed by atoms with van der Waals surface area (Å²) in [4.78, 5) is 39.5. The van der Waals surface area contributed by atoms with E-state index >= 15 is 0 Å². The monoisotopic (exact) mass is 442 g/mol. The average Bonchev–Trinajstić information content (AvgIpc) is 3.07. The Morgan fingerprint density at radius 2 is 1.97 bits per heavy atom. The minimum absolute atomic E-state index is 0.0744. The summed E-state index contributed by atoms with van der Waals surface area (Å²) in [6, 6.07) is 10.4. The number of benzene rings is 2. The van der Waals surface area contributed by atoms with Gasteiger partial charge in [-0.05, 0) is 48.5 Å². The van der Waals surface area contributed by atoms with E-state index in [-0.39, 0.29) is 33.5 Å². The second kappa shape index (κ2) is 9.35. The second-order valence-corrected chi connectivity index (χ2v) is 7.41. The van der Waals surface area contributed by atoms with Gasteiger partial charge >= 0.3 is 11.9 Å². The molecule has 2 aromatic carbocycles. The van der Waals surface area contributed by atoms with Gasteiger partial charge < -0.3 is 25.4 Å². The van der Waals surface area contributed by atoms with Gasteiger partial charge in [-0.1, -0.05) is 25.1 Å². The fourth-order valence-electron chi connectivity index (χ4n) is 2.69. The van der Waals surface area contributed by atoms with E-state index in [1.807, 2.05) is 0 Å². The molecule has 1 saturated heterocycles. The lowest BCUT2D eigenvalue weighted by atomic mass is 10.1. The molecule has 0 radical (unpaired) electrons. The number of hydrogen-bond acceptors (Lipinski definition) is 7. The Hall–Kier alpha value is -3.79. The van der Waals surface area contributed by atoms with E-state index in [1.54, 1.807) is 37.3 Å². The van der Waals surface area contributed by atoms with Crippen LogP contribution >= 0.6 is 11.8 Å². The number of thioether (sulfide) groups is 1. The van der Waals surface area contributed by atoms with Crippen molar-refractivity contribution in [1.29, 1.82) is 0 Å². The Morgan fingerprint density at radius 1 is 1.23 bits per heavy atom. The average molecular weight is 442 g/mol. The lowest BCUT2D eigenvalue weighted by molar-refractivity contribution is -0.145. The van der Waals surface area contributed by atoms with Gasteiger partial charge in [-0.2, -0.15) is 0 Å². The molecule has 10 heteroatoms. The third-order valence-electron chi connectivity index (χ3n) is 4.20. The maximum atomic E-state index is 12.4. The molecular weight excluding hydrogens is 424 g/mol. The zero-order chi connectivity index (χ0) is 22.5. The van der Waals surface area contributed by atoms with Crippen molar-refractivity contribution in [3.05, 3.63) is 58.5 Å². The van der Waals surface area contributed by atoms with E-state index in [0.29, 0.717) is 11.3 Å². The lowest BCUT2D eigenvalue weighted by Gasteiger charge is -2.15. The molecular formula is C21H18N2O7S. The van der Waals surface area contributed by atoms with E-state index in [2.05, 4.69) is 10.3 Å². The molecule has 2 aromatic rings. The summed E-state index contributed by atoms with van der Waals surface area (Å²) in [6.45, 7) is 1.69. The number of hydrogen-bond donors (Lipinski definition) is 4. The summed E-state index contributed by atoms with van der Waals surface area (Å²) in [7, 11) is 0. The smallest absolute Gasteiger partial charge is 0.344 e. The predicted molar refractivity (Wildman–Crippen MR) is 115 cm³/mol. The number of aliphatic carboxylic acids is 1. The number of phenolic OH excluding ortho intramolecular Hbond substituents is 1. The molecule has 0 saturated carbocycles. The molecule has 1 atom stereocenters. The summed E-state index contributed by atoms with van der Waals surface area (Å²) in [5.74, 6) is -2.70. The third kappa shape index (κ3) is 5.23. The van der Waals surface area contributed by atoms with E-state index in [9.17, 15) is 29.7 Å². The number of nitrogens with one attached hydrogen (secondary N) is 1. The molecule has 3 rings (SSSR count). The van der Waals surface area contributed by atoms with Gasteiger partial charge in [0.2, 0.25) is 0 Å². The number of aromatic hydroxyl groups is 1. The largest absolute Gasteiger partial charge is 0.508 e. The van der Waals surface area contributed by atoms with Crippen LogP contribution in [-0.2, 0) is 9.59 Å². The normalized spacial score (nSPS) is 16.9. The van der Waals surface area contributed by atoms with Gasteiger partial charge in [-0.3, -0.25) is 4.79 Å². The van der Waals surface area contributed by atoms with Crippen molar-refractivity contribution in [2.24, 2.45) is 4.99 Å². The molecule has 0 aliphatic carbocycles. The molecule has 1 aliphatic rings. The molecule has 0 bridgehead atoms. The van der Waals surface area contributed by atoms with Crippen LogP contribution in [0.4, 0.5) is 5.69 Å². The maximum absolute atomic E-state index is 12.4. The quantitative estimate of drug-likeness (QED) is 0.478. The van der Waals surface area contributed by atoms with Crippen molar-refractivity contribution >= 4 is 46.5 Å². The number of phenols is 1. The number of rotatable bonds is 7. The van der Waals surface area contributed by atoms with E-state index in [0.717, 1.165) is 17.8 Å². The van der Waals surface area contributed by atoms with Gasteiger partial charge in [0, 0.05) is 5.56 Å². The Morgan fingerprint density at radius 3 is 2.65 bits per heavy atom. The van der Waals surface area contributed by atoms with Crippen molar-refractivity contribution in [3.63, 3.8) is 0 Å². The SMILES string of the molecule is CCC(Oc1ccccc1/C=C1\SC(=Nc2ccc(O)cc2C(=O)O)NC1=O)C(=O)O. The standard InChI is InChI=1S/C21H18N2O7S/c1-2-15(20(28)29)30-16-6-4-3-5-11(16)9-17-18(25)23-21(31-17)22-14-8-7-12(24)10-13(14)19(26)27/h3-10,15,24H,2H2,1H3,(H,26,27)(H,28,29)(H,22,23,25)/b17-9-. The topological polar surface area (TPSA) is 146 Å². The van der Waals surface area contributed by atoms with Crippen molar-refractivity contribution in [3.8, 4) is 11.5 Å². The molecule has 1 fully saturated rings. The minimum Gasteiger partial charge on any atom is -0.508 e. The molecule has 31 heavy (non-hydrogen) atoms. The summed E-state index contributed by atoms with van der Waals surface area (Å²) in [6.07, 6.45) is 0.789. The highest BCUT2D eigenvalue weighted by Gasteiger charge is 2.25. The van der Waals surface area contributed by atoms with Crippen molar-refractivity contribution < 1.29 is 34.4 Å². The van der Waals surface area contributed by atoms with E-state index < -0.39 is 23.9 Å². The Balaban J connectivity index is 1.89. The van der Waals surface area contributed by atoms with Crippen LogP contribution in [0, 0.1) is 0 Å². The van der Waals surface area contributed by atoms with Gasteiger partial charge in [0.25, 0.3) is 5.91 Å². The first kappa shape index (κ1) is 21.9. The zero-order valence-electron chi connectivity index (χ0n) is 16.2. The number of ether oxygens (including phenoxy) is 1. The van der Waals surface area contributed by atoms with Crippen molar-refractivity contribution in [1.82, 2.24) is 5.32 Å². The van der Waals surface area contributed by atoms with Gasteiger partial charge in [-0.15, -0.1) is 0 Å². The number of aromatic carboxylic acids is 1. The molecule has 1 unspecified atom stereocenters. The fourth-order valence-corrected chi connectivity index (χ4v) is 3.52. The van der Waals surface area contributed by atoms with Crippen LogP contribution in [0.3, 0.4) is 0 Å². The van der Waals surface area contributed by atoms with Crippen LogP contribution in [0.5, 0.6) is 11.5 Å². The van der Waals surface area contributed by atoms with Crippen LogP contribution in [0.15, 0.2) is 52.4 Å². The second-order valence-electron chi connectivity index (χ2n) is 6.38. The first-order chi connectivity index (χ1) is 14.8. The lowest BCUT2D eigenvalue weighted by Crippen LogP contribution is -2.26. The van der Waals surface area contributed by atoms with Crippen LogP contribution in [0.25, 0.3) is 6.08 Å². The summed E-state index contributed by atoms with van der Waals surface area (Å²) in [5, 5.41) is 30.7. The number of amides is 1. The number of para-hydroxylation sites is 1. The number of carbonyl (C=O) groups excluding carboxylic acids is 1. The molecule has 1 aliphatic heterocycles. The molecule has 160 valence electrons. The van der Waals surface area contributed by atoms with E-state index in [4.69, 9.17) is 4.74 Å². The number of amidine groups is 1. The number of nitrogens with zero attached hydrogens (tertiary/aromatic N) is 1. The zero-order valence-corrected chi connectivity index (χ0v) is 17.0. The highest BCUT2D eigenvalue weighted by Crippen LogP contribution is 2.32. The van der Waals surface area contributed by atoms with Crippen LogP contribution < -0.4 is 10.1 Å². The van der Waals surface area contributed by atoms with Gasteiger partial charge in [-0.25, -0.2) is 14.6 Å². The molecule has 4 N–H and O–H groups in total. The molecule has 0 spiro atoms. The Bertz CT molecular complexity index is 1110. The van der Waals surface area contributed by atoms with Crippen molar-refractivity contribution in [2.75, 3.05) is 0 Å². The molecule has 1 amide bonds. The first-order valence-corrected chi connectivity index (χ1v) is 9.94. The summed E-state index contributed by atoms with van der Waals surface area (Å²) in [5.41, 5.74) is 0.375. The van der Waals surface area contributed by atoms with Crippen LogP contribution in [-0.4, -0.2) is 44.4 Å². The number of carboxylic acid groups (broad SMARTS) is 2. The highest BCUT2D eigenvalue weighted by molar-refractivity contribution is 8.18. The minimum atomic E-state index is -1.27. The maximum Gasteiger partial charge on any atom is 0.344 e. The predicted octanol–water partition coefficient (Wildman–Crippen LogP) is 3.22. The molecule has 9 nitrogen and oxygen atoms in total. The van der Waals surface area contributed by atoms with E-state index in [1.165, 1.54) is 12.1 Å². The van der Waals surface area contributed by atoms with Crippen molar-refractivity contribution in [2.45, 2.75) is 19.4 Å². The Labute approximate surface area is 181 Å². The number of aliphatic imine (C=N–C) groups is 1. The van der Waals surface area contributed by atoms with Gasteiger partial charge in [0.1, 0.15) is 11.5 Å². The fraction of sp³-hybridized carbons (Fsp3) is 0.143. The number of carbonyl (C=O) groups is 3. The summed E-state index contributed by atoms with van der Waals surface area (Å²) < 4.78 is 5.57. The van der Waals surface area contributed by atoms with Gasteiger partial charge in [0.05, 0.1) is 16.2 Å². The van der Waals surface area contributed by atoms with Crippen LogP contribution in [0.2, 0.25) is 0 Å². The Kier molecular flexibility index (Phi) is 6.61. The van der Waals surface area contributed by atoms with Crippen LogP contribution in [0.1, 0.15) is 29.3 Å². The molecule has 1 heterocycles. The summed E-state index contributed by atoms with van der Waals surface area (Å²) >= 11 is 0.996.